The second-order valence-corrected chi connectivity index (χ2v) is 11.6. The van der Waals surface area contributed by atoms with Crippen LogP contribution >= 0.6 is 11.9 Å². The Bertz CT molecular complexity index is 1720. The van der Waals surface area contributed by atoms with E-state index in [-0.39, 0.29) is 18.4 Å². The monoisotopic (exact) mass is 602 g/mol. The van der Waals surface area contributed by atoms with Crippen LogP contribution in [-0.2, 0) is 17.7 Å². The maximum Gasteiger partial charge on any atom is 0.417 e. The van der Waals surface area contributed by atoms with Crippen molar-refractivity contribution in [3.8, 4) is 11.6 Å². The van der Waals surface area contributed by atoms with Crippen LogP contribution in [0, 0.1) is 5.82 Å². The Morgan fingerprint density at radius 3 is 2.37 bits per heavy atom. The summed E-state index contributed by atoms with van der Waals surface area (Å²) in [5, 5.41) is 0.938. The summed E-state index contributed by atoms with van der Waals surface area (Å²) in [6.45, 7) is 5.16. The van der Waals surface area contributed by atoms with Crippen LogP contribution in [0.2, 0.25) is 0 Å². The Balaban J connectivity index is 1.45. The molecule has 10 nitrogen and oxygen atoms in total. The van der Waals surface area contributed by atoms with Crippen LogP contribution in [0.25, 0.3) is 11.0 Å². The van der Waals surface area contributed by atoms with Gasteiger partial charge >= 0.3 is 6.09 Å². The van der Waals surface area contributed by atoms with Crippen LogP contribution in [-0.4, -0.2) is 49.8 Å². The summed E-state index contributed by atoms with van der Waals surface area (Å²) in [5.41, 5.74) is 2.17. The highest BCUT2D eigenvalue weighted by molar-refractivity contribution is 7.98. The summed E-state index contributed by atoms with van der Waals surface area (Å²) < 4.78 is 32.4. The van der Waals surface area contributed by atoms with E-state index in [9.17, 15) is 9.18 Å². The molecule has 0 fully saturated rings. The van der Waals surface area contributed by atoms with E-state index in [0.717, 1.165) is 33.3 Å². The average Bonchev–Trinajstić information content (AvgIpc) is 3.31. The van der Waals surface area contributed by atoms with Crippen molar-refractivity contribution in [3.05, 3.63) is 96.0 Å². The van der Waals surface area contributed by atoms with Crippen molar-refractivity contribution in [2.45, 2.75) is 44.2 Å². The third-order valence-electron chi connectivity index (χ3n) is 6.21. The molecule has 0 saturated carbocycles. The van der Waals surface area contributed by atoms with Gasteiger partial charge in [0.15, 0.2) is 5.65 Å². The zero-order chi connectivity index (χ0) is 30.6. The predicted molar refractivity (Wildman–Crippen MR) is 162 cm³/mol. The molecule has 0 aliphatic heterocycles. The second-order valence-electron chi connectivity index (χ2n) is 10.6. The zero-order valence-electron chi connectivity index (χ0n) is 24.4. The van der Waals surface area contributed by atoms with E-state index >= 15 is 0 Å². The summed E-state index contributed by atoms with van der Waals surface area (Å²) in [6.07, 6.45) is 7.91. The van der Waals surface area contributed by atoms with Gasteiger partial charge in [-0.1, -0.05) is 18.2 Å². The third kappa shape index (κ3) is 7.20. The molecule has 12 heteroatoms. The number of fused-ring (bicyclic) bond motifs is 1. The van der Waals surface area contributed by atoms with Gasteiger partial charge in [-0.05, 0) is 68.1 Å². The SMILES string of the molecule is COc1cnc2c(c1)c(Cc1cnc(N(Cc3cc(F)cnc3OC)C(=O)OC(C)(C)C)nc1)cn2Sc1ccccc1. The molecule has 0 unspecified atom stereocenters. The van der Waals surface area contributed by atoms with Gasteiger partial charge in [-0.15, -0.1) is 0 Å². The van der Waals surface area contributed by atoms with E-state index in [2.05, 4.69) is 19.9 Å². The summed E-state index contributed by atoms with van der Waals surface area (Å²) in [7, 11) is 3.03. The van der Waals surface area contributed by atoms with Gasteiger partial charge < -0.3 is 14.2 Å². The van der Waals surface area contributed by atoms with E-state index in [0.29, 0.717) is 17.7 Å². The molecule has 5 aromatic rings. The first-order valence-corrected chi connectivity index (χ1v) is 14.2. The number of rotatable bonds is 9. The second kappa shape index (κ2) is 12.7. The topological polar surface area (TPSA) is 104 Å². The van der Waals surface area contributed by atoms with Gasteiger partial charge in [0.2, 0.25) is 11.8 Å². The minimum Gasteiger partial charge on any atom is -0.495 e. The fourth-order valence-corrected chi connectivity index (χ4v) is 5.23. The average molecular weight is 603 g/mol. The van der Waals surface area contributed by atoms with Crippen LogP contribution in [0.15, 0.2) is 78.3 Å². The number of amides is 1. The smallest absolute Gasteiger partial charge is 0.417 e. The Hall–Kier alpha value is -4.71. The number of hydrogen-bond acceptors (Lipinski definition) is 9. The van der Waals surface area contributed by atoms with Crippen LogP contribution in [0.4, 0.5) is 15.1 Å². The first-order chi connectivity index (χ1) is 20.6. The van der Waals surface area contributed by atoms with E-state index in [1.165, 1.54) is 18.1 Å². The van der Waals surface area contributed by atoms with Gasteiger partial charge in [-0.3, -0.25) is 3.97 Å². The van der Waals surface area contributed by atoms with Crippen molar-refractivity contribution in [1.82, 2.24) is 23.9 Å². The molecule has 222 valence electrons. The van der Waals surface area contributed by atoms with Gasteiger partial charge in [0.1, 0.15) is 17.2 Å². The summed E-state index contributed by atoms with van der Waals surface area (Å²) in [4.78, 5) is 33.1. The Morgan fingerprint density at radius 2 is 1.70 bits per heavy atom. The van der Waals surface area contributed by atoms with Gasteiger partial charge in [0, 0.05) is 40.9 Å². The van der Waals surface area contributed by atoms with Crippen LogP contribution in [0.3, 0.4) is 0 Å². The number of benzene rings is 1. The molecule has 0 aliphatic rings. The molecule has 43 heavy (non-hydrogen) atoms. The third-order valence-corrected chi connectivity index (χ3v) is 7.17. The van der Waals surface area contributed by atoms with E-state index in [4.69, 9.17) is 14.2 Å². The molecule has 0 saturated heterocycles. The Labute approximate surface area is 253 Å². The molecule has 0 aliphatic carbocycles. The number of methoxy groups -OCH3 is 2. The summed E-state index contributed by atoms with van der Waals surface area (Å²) in [6, 6.07) is 13.3. The summed E-state index contributed by atoms with van der Waals surface area (Å²) >= 11 is 1.56. The molecule has 0 N–H and O–H groups in total. The van der Waals surface area contributed by atoms with Crippen molar-refractivity contribution in [2.24, 2.45) is 0 Å². The number of nitrogens with zero attached hydrogens (tertiary/aromatic N) is 6. The van der Waals surface area contributed by atoms with Crippen molar-refractivity contribution in [2.75, 3.05) is 19.1 Å². The number of anilines is 1. The number of hydrogen-bond donors (Lipinski definition) is 0. The first-order valence-electron chi connectivity index (χ1n) is 13.4. The van der Waals surface area contributed by atoms with E-state index < -0.39 is 17.5 Å². The number of aromatic nitrogens is 5. The van der Waals surface area contributed by atoms with Crippen LogP contribution < -0.4 is 14.4 Å². The molecular formula is C31H31FN6O4S. The van der Waals surface area contributed by atoms with E-state index in [1.807, 2.05) is 46.6 Å². The minimum absolute atomic E-state index is 0.0923. The highest BCUT2D eigenvalue weighted by Crippen LogP contribution is 2.32. The quantitative estimate of drug-likeness (QED) is 0.188. The lowest BCUT2D eigenvalue weighted by Crippen LogP contribution is -2.37. The maximum atomic E-state index is 14.1. The number of carbonyl (C=O) groups is 1. The van der Waals surface area contributed by atoms with Crippen LogP contribution in [0.5, 0.6) is 11.6 Å². The first kappa shape index (κ1) is 29.8. The van der Waals surface area contributed by atoms with E-state index in [1.54, 1.807) is 58.4 Å². The lowest BCUT2D eigenvalue weighted by atomic mass is 10.1. The molecule has 0 radical (unpaired) electrons. The number of ether oxygens (including phenoxy) is 3. The van der Waals surface area contributed by atoms with Gasteiger partial charge in [0.25, 0.3) is 0 Å². The van der Waals surface area contributed by atoms with Gasteiger partial charge in [-0.25, -0.2) is 34.0 Å². The van der Waals surface area contributed by atoms with Crippen molar-refractivity contribution in [3.63, 3.8) is 0 Å². The number of halogens is 1. The highest BCUT2D eigenvalue weighted by Gasteiger charge is 2.27. The Kier molecular flexibility index (Phi) is 8.76. The molecule has 1 aromatic carbocycles. The molecule has 5 rings (SSSR count). The van der Waals surface area contributed by atoms with Crippen molar-refractivity contribution >= 4 is 35.0 Å². The fourth-order valence-electron chi connectivity index (χ4n) is 4.31. The molecule has 4 aromatic heterocycles. The highest BCUT2D eigenvalue weighted by atomic mass is 32.2. The van der Waals surface area contributed by atoms with Gasteiger partial charge in [-0.2, -0.15) is 0 Å². The molecule has 4 heterocycles. The molecule has 1 amide bonds. The van der Waals surface area contributed by atoms with Crippen molar-refractivity contribution in [1.29, 1.82) is 0 Å². The number of carbonyl (C=O) groups excluding carboxylic acids is 1. The molecular weight excluding hydrogens is 571 g/mol. The minimum atomic E-state index is -0.777. The maximum absolute atomic E-state index is 14.1. The standard InChI is InChI=1S/C31H31FN6O4S/c1-31(2,3)42-30(39)37(18-22-12-23(32)16-34-28(22)41-5)29-35-14-20(15-36-29)11-21-19-38(43-25-9-7-6-8-10-25)27-26(21)13-24(40-4)17-33-27/h6-10,12-17,19H,11,18H2,1-5H3. The summed E-state index contributed by atoms with van der Waals surface area (Å²) in [5.74, 6) is 0.361. The Morgan fingerprint density at radius 1 is 0.953 bits per heavy atom. The lowest BCUT2D eigenvalue weighted by Gasteiger charge is -2.26. The lowest BCUT2D eigenvalue weighted by molar-refractivity contribution is 0.0574. The zero-order valence-corrected chi connectivity index (χ0v) is 25.3. The molecule has 0 bridgehead atoms. The van der Waals surface area contributed by atoms with Crippen molar-refractivity contribution < 1.29 is 23.4 Å². The predicted octanol–water partition coefficient (Wildman–Crippen LogP) is 6.47. The number of pyridine rings is 2. The van der Waals surface area contributed by atoms with Crippen LogP contribution in [0.1, 0.15) is 37.5 Å². The fraction of sp³-hybridized carbons (Fsp3) is 0.258. The molecule has 0 atom stereocenters. The normalized spacial score (nSPS) is 11.4. The van der Waals surface area contributed by atoms with Gasteiger partial charge in [0.05, 0.1) is 33.2 Å². The largest absolute Gasteiger partial charge is 0.495 e. The molecule has 0 spiro atoms.